The molecular formula is C45H57N5O9S. The van der Waals surface area contributed by atoms with Crippen LogP contribution in [-0.2, 0) is 29.1 Å². The van der Waals surface area contributed by atoms with Gasteiger partial charge in [0.05, 0.1) is 24.9 Å². The Morgan fingerprint density at radius 2 is 1.68 bits per heavy atom. The van der Waals surface area contributed by atoms with E-state index in [1.165, 1.54) is 11.0 Å². The van der Waals surface area contributed by atoms with Gasteiger partial charge in [-0.25, -0.2) is 18.2 Å². The first-order valence-electron chi connectivity index (χ1n) is 20.2. The van der Waals surface area contributed by atoms with Crippen molar-refractivity contribution in [3.63, 3.8) is 0 Å². The van der Waals surface area contributed by atoms with Crippen molar-refractivity contribution in [2.45, 2.75) is 115 Å². The zero-order valence-electron chi connectivity index (χ0n) is 35.9. The second-order valence-electron chi connectivity index (χ2n) is 18.4. The van der Waals surface area contributed by atoms with Crippen molar-refractivity contribution in [2.75, 3.05) is 13.7 Å². The smallest absolute Gasteiger partial charge is 0.408 e. The fourth-order valence-electron chi connectivity index (χ4n) is 7.74. The number of ether oxygens (including phenoxy) is 3. The number of alkyl carbamates (subject to hydrolysis) is 1. The van der Waals surface area contributed by atoms with Gasteiger partial charge in [-0.3, -0.25) is 19.1 Å². The molecule has 60 heavy (non-hydrogen) atoms. The van der Waals surface area contributed by atoms with Crippen LogP contribution in [0, 0.1) is 11.3 Å². The Labute approximate surface area is 352 Å². The van der Waals surface area contributed by atoms with Crippen LogP contribution in [0.5, 0.6) is 11.5 Å². The Kier molecular flexibility index (Phi) is 11.9. The van der Waals surface area contributed by atoms with E-state index >= 15 is 0 Å². The monoisotopic (exact) mass is 843 g/mol. The number of hydrogen-bond acceptors (Lipinski definition) is 10. The number of allylic oxidation sites excluding steroid dienone is 1. The number of carbonyl (C=O) groups is 4. The minimum Gasteiger partial charge on any atom is -0.497 e. The van der Waals surface area contributed by atoms with E-state index in [-0.39, 0.29) is 19.4 Å². The van der Waals surface area contributed by atoms with Crippen LogP contribution in [0.1, 0.15) is 81.1 Å². The largest absolute Gasteiger partial charge is 0.497 e. The van der Waals surface area contributed by atoms with Gasteiger partial charge in [0.1, 0.15) is 45.6 Å². The molecule has 0 bridgehead atoms. The Bertz CT molecular complexity index is 2330. The van der Waals surface area contributed by atoms with E-state index in [2.05, 4.69) is 21.9 Å². The van der Waals surface area contributed by atoms with E-state index in [1.54, 1.807) is 80.7 Å². The molecule has 2 saturated carbocycles. The van der Waals surface area contributed by atoms with E-state index in [0.29, 0.717) is 40.9 Å². The summed E-state index contributed by atoms with van der Waals surface area (Å²) in [5, 5.41) is 6.26. The van der Waals surface area contributed by atoms with Crippen LogP contribution >= 0.6 is 0 Å². The summed E-state index contributed by atoms with van der Waals surface area (Å²) in [6, 6.07) is 14.5. The average molecular weight is 844 g/mol. The summed E-state index contributed by atoms with van der Waals surface area (Å²) in [6.07, 6.45) is 2.45. The molecule has 3 aliphatic rings. The lowest BCUT2D eigenvalue weighted by molar-refractivity contribution is -0.143. The predicted molar refractivity (Wildman–Crippen MR) is 229 cm³/mol. The molecule has 1 saturated heterocycles. The fraction of sp³-hybridized carbons (Fsp3) is 0.489. The summed E-state index contributed by atoms with van der Waals surface area (Å²) in [7, 11) is -2.58. The molecule has 3 aromatic rings. The number of methoxy groups -OCH3 is 1. The molecular weight excluding hydrogens is 787 g/mol. The van der Waals surface area contributed by atoms with Gasteiger partial charge < -0.3 is 29.7 Å². The third-order valence-electron chi connectivity index (χ3n) is 11.1. The van der Waals surface area contributed by atoms with Crippen LogP contribution in [0.2, 0.25) is 0 Å². The van der Waals surface area contributed by atoms with Crippen LogP contribution in [0.4, 0.5) is 4.79 Å². The standard InChI is InChI=1S/C45H57N5O9S/c1-11-29-25-45(29,40(53)49-60(55,56)44(19-20-44)24-27(2)3)48-38(51)35-22-31(26-50(35)39(52)37(42(4,5)6)47-41(54)59-43(7,8)9)58-36-23-33(28-15-13-12-14-16-28)46-34-21-30(57-10)17-18-32(34)36/h11-18,21,23-24,29,31,35,37H,1,19-20,22,25-26H2,2-10H3,(H,47,54)(H,48,51)(H,49,53)/t29-,31+,35-,37+,45-/m0/s1. The Hall–Kier alpha value is -5.44. The van der Waals surface area contributed by atoms with Crippen molar-refractivity contribution in [2.24, 2.45) is 11.3 Å². The summed E-state index contributed by atoms with van der Waals surface area (Å²) in [5.74, 6) is -1.64. The molecule has 14 nitrogen and oxygen atoms in total. The number of nitrogens with one attached hydrogen (secondary N) is 3. The van der Waals surface area contributed by atoms with Crippen LogP contribution in [0.15, 0.2) is 78.9 Å². The van der Waals surface area contributed by atoms with E-state index in [4.69, 9.17) is 19.2 Å². The number of nitrogens with zero attached hydrogens (tertiary/aromatic N) is 2. The number of pyridine rings is 1. The first kappa shape index (κ1) is 44.1. The highest BCUT2D eigenvalue weighted by molar-refractivity contribution is 7.92. The van der Waals surface area contributed by atoms with E-state index in [9.17, 15) is 27.6 Å². The zero-order valence-corrected chi connectivity index (χ0v) is 36.7. The first-order valence-corrected chi connectivity index (χ1v) is 21.7. The maximum atomic E-state index is 14.8. The number of rotatable bonds is 13. The second kappa shape index (κ2) is 16.2. The summed E-state index contributed by atoms with van der Waals surface area (Å²) in [6.45, 7) is 17.9. The Balaban J connectivity index is 1.35. The molecule has 2 aromatic carbocycles. The zero-order chi connectivity index (χ0) is 44.0. The number of benzene rings is 2. The molecule has 1 aliphatic heterocycles. The normalized spacial score (nSPS) is 22.5. The van der Waals surface area contributed by atoms with E-state index in [1.807, 2.05) is 42.5 Å². The third-order valence-corrected chi connectivity index (χ3v) is 13.1. The van der Waals surface area contributed by atoms with Gasteiger partial charge in [0.15, 0.2) is 0 Å². The molecule has 2 aliphatic carbocycles. The topological polar surface area (TPSA) is 182 Å². The molecule has 0 radical (unpaired) electrons. The third kappa shape index (κ3) is 9.30. The lowest BCUT2D eigenvalue weighted by Gasteiger charge is -2.36. The molecule has 3 N–H and O–H groups in total. The first-order chi connectivity index (χ1) is 28.0. The van der Waals surface area contributed by atoms with Gasteiger partial charge in [-0.1, -0.05) is 68.8 Å². The van der Waals surface area contributed by atoms with Crippen LogP contribution in [0.3, 0.4) is 0 Å². The average Bonchev–Trinajstić information content (AvgIpc) is 4.06. The number of carbonyl (C=O) groups excluding carboxylic acids is 4. The fourth-order valence-corrected chi connectivity index (χ4v) is 9.40. The highest BCUT2D eigenvalue weighted by Gasteiger charge is 2.63. The van der Waals surface area contributed by atoms with Gasteiger partial charge in [0.25, 0.3) is 5.91 Å². The van der Waals surface area contributed by atoms with Gasteiger partial charge in [0, 0.05) is 35.4 Å². The number of fused-ring (bicyclic) bond motifs is 1. The summed E-state index contributed by atoms with van der Waals surface area (Å²) < 4.78 is 46.0. The number of hydrogen-bond donors (Lipinski definition) is 3. The highest BCUT2D eigenvalue weighted by atomic mass is 32.2. The summed E-state index contributed by atoms with van der Waals surface area (Å²) in [5.41, 5.74) is -0.437. The molecule has 2 heterocycles. The maximum absolute atomic E-state index is 14.8. The van der Waals surface area contributed by atoms with Gasteiger partial charge in [-0.2, -0.15) is 0 Å². The van der Waals surface area contributed by atoms with Gasteiger partial charge in [-0.05, 0) is 71.4 Å². The van der Waals surface area contributed by atoms with Crippen molar-refractivity contribution in [3.05, 3.63) is 78.9 Å². The number of sulfonamides is 1. The molecule has 15 heteroatoms. The molecule has 4 amide bonds. The van der Waals surface area contributed by atoms with Crippen molar-refractivity contribution < 1.29 is 41.8 Å². The number of likely N-dealkylation sites (tertiary alicyclic amines) is 1. The van der Waals surface area contributed by atoms with Crippen molar-refractivity contribution in [1.82, 2.24) is 25.2 Å². The van der Waals surface area contributed by atoms with Crippen molar-refractivity contribution in [3.8, 4) is 22.8 Å². The molecule has 0 unspecified atom stereocenters. The molecule has 1 aromatic heterocycles. The van der Waals surface area contributed by atoms with Gasteiger partial charge >= 0.3 is 6.09 Å². The molecule has 5 atom stereocenters. The van der Waals surface area contributed by atoms with Crippen molar-refractivity contribution >= 4 is 44.7 Å². The predicted octanol–water partition coefficient (Wildman–Crippen LogP) is 6.20. The maximum Gasteiger partial charge on any atom is 0.408 e. The minimum atomic E-state index is -4.15. The molecule has 3 fully saturated rings. The van der Waals surface area contributed by atoms with E-state index in [0.717, 1.165) is 11.1 Å². The van der Waals surface area contributed by atoms with Gasteiger partial charge in [-0.15, -0.1) is 6.58 Å². The lowest BCUT2D eigenvalue weighted by Crippen LogP contribution is -2.60. The minimum absolute atomic E-state index is 0.0000484. The number of amides is 4. The van der Waals surface area contributed by atoms with E-state index < -0.39 is 79.2 Å². The van der Waals surface area contributed by atoms with Crippen molar-refractivity contribution in [1.29, 1.82) is 0 Å². The second-order valence-corrected chi connectivity index (χ2v) is 20.4. The highest BCUT2D eigenvalue weighted by Crippen LogP contribution is 2.48. The van der Waals surface area contributed by atoms with Crippen LogP contribution < -0.4 is 24.8 Å². The quantitative estimate of drug-likeness (QED) is 0.168. The lowest BCUT2D eigenvalue weighted by atomic mass is 9.85. The number of aromatic nitrogens is 1. The summed E-state index contributed by atoms with van der Waals surface area (Å²) >= 11 is 0. The Morgan fingerprint density at radius 1 is 1.00 bits per heavy atom. The van der Waals surface area contributed by atoms with Gasteiger partial charge in [0.2, 0.25) is 21.8 Å². The molecule has 6 rings (SSSR count). The molecule has 322 valence electrons. The molecule has 0 spiro atoms. The van der Waals surface area contributed by atoms with Crippen LogP contribution in [-0.4, -0.2) is 89.8 Å². The SMILES string of the molecule is C=C[C@H]1C[C@@]1(NC(=O)[C@@H]1C[C@@H](Oc2cc(-c3ccccc3)nc3cc(OC)ccc23)CN1C(=O)[C@@H](NC(=O)OC(C)(C)C)C(C)(C)C)C(=O)NS(=O)(=O)C1(C=C(C)C)CC1. The Morgan fingerprint density at radius 3 is 2.25 bits per heavy atom. The van der Waals surface area contributed by atoms with Crippen LogP contribution in [0.25, 0.3) is 22.2 Å². The summed E-state index contributed by atoms with van der Waals surface area (Å²) in [4.78, 5) is 62.8.